The van der Waals surface area contributed by atoms with Crippen molar-refractivity contribution in [2.75, 3.05) is 32.9 Å². The van der Waals surface area contributed by atoms with Crippen molar-refractivity contribution in [3.05, 3.63) is 0 Å². The van der Waals surface area contributed by atoms with Gasteiger partial charge in [0.05, 0.1) is 19.6 Å². The number of hydrogen-bond acceptors (Lipinski definition) is 4. The average molecular weight is 225 g/mol. The summed E-state index contributed by atoms with van der Waals surface area (Å²) >= 11 is 0. The lowest BCUT2D eigenvalue weighted by Gasteiger charge is -2.05. The molecule has 0 radical (unpaired) electrons. The molecule has 0 saturated heterocycles. The van der Waals surface area contributed by atoms with Gasteiger partial charge in [-0.3, -0.25) is 4.79 Å². The normalized spacial score (nSPS) is 10.7. The lowest BCUT2D eigenvalue weighted by Crippen LogP contribution is -2.24. The van der Waals surface area contributed by atoms with Gasteiger partial charge in [0, 0.05) is 13.1 Å². The minimum Gasteiger partial charge on any atom is -0.466 e. The number of carbonyl (C=O) groups is 1. The fourth-order valence-electron chi connectivity index (χ4n) is 0.865. The monoisotopic (exact) mass is 225 g/mol. The van der Waals surface area contributed by atoms with Gasteiger partial charge in [-0.1, -0.05) is 0 Å². The highest BCUT2D eigenvalue weighted by Crippen LogP contribution is 1.91. The van der Waals surface area contributed by atoms with Crippen LogP contribution in [0.4, 0.5) is 8.78 Å². The van der Waals surface area contributed by atoms with Gasteiger partial charge in [0.2, 0.25) is 0 Å². The van der Waals surface area contributed by atoms with Crippen LogP contribution in [0.25, 0.3) is 0 Å². The van der Waals surface area contributed by atoms with E-state index in [1.54, 1.807) is 6.92 Å². The third-order valence-corrected chi connectivity index (χ3v) is 1.48. The van der Waals surface area contributed by atoms with Crippen LogP contribution in [-0.2, 0) is 14.3 Å². The third kappa shape index (κ3) is 11.2. The lowest BCUT2D eigenvalue weighted by atomic mass is 10.4. The van der Waals surface area contributed by atoms with Crippen molar-refractivity contribution in [2.24, 2.45) is 0 Å². The molecule has 0 heterocycles. The van der Waals surface area contributed by atoms with Crippen LogP contribution >= 0.6 is 0 Å². The molecule has 0 aromatic carbocycles. The Labute approximate surface area is 87.9 Å². The maximum Gasteiger partial charge on any atom is 0.307 e. The minimum absolute atomic E-state index is 0.215. The Kier molecular flexibility index (Phi) is 9.30. The van der Waals surface area contributed by atoms with Crippen molar-refractivity contribution in [1.29, 1.82) is 0 Å². The van der Waals surface area contributed by atoms with Gasteiger partial charge in [0.1, 0.15) is 6.61 Å². The first-order chi connectivity index (χ1) is 7.16. The van der Waals surface area contributed by atoms with Gasteiger partial charge in [0.15, 0.2) is 0 Å². The molecule has 0 saturated carbocycles. The van der Waals surface area contributed by atoms with E-state index in [4.69, 9.17) is 4.74 Å². The number of nitrogens with one attached hydrogen (secondary N) is 1. The minimum atomic E-state index is -2.43. The maximum atomic E-state index is 11.6. The molecule has 1 N–H and O–H groups in total. The molecule has 15 heavy (non-hydrogen) atoms. The number of halogens is 2. The number of alkyl halides is 2. The molecule has 0 amide bonds. The maximum absolute atomic E-state index is 11.6. The molecule has 0 aliphatic rings. The second-order valence-electron chi connectivity index (χ2n) is 2.77. The summed E-state index contributed by atoms with van der Waals surface area (Å²) in [5.41, 5.74) is 0. The van der Waals surface area contributed by atoms with Gasteiger partial charge in [-0.2, -0.15) is 0 Å². The fraction of sp³-hybridized carbons (Fsp3) is 0.889. The molecule has 0 aromatic heterocycles. The summed E-state index contributed by atoms with van der Waals surface area (Å²) in [6.45, 7) is 2.70. The number of carbonyl (C=O) groups excluding carboxylic acids is 1. The van der Waals surface area contributed by atoms with Crippen molar-refractivity contribution in [3.63, 3.8) is 0 Å². The largest absolute Gasteiger partial charge is 0.466 e. The van der Waals surface area contributed by atoms with E-state index in [9.17, 15) is 13.6 Å². The average Bonchev–Trinajstić information content (AvgIpc) is 2.16. The Bertz CT molecular complexity index is 167. The summed E-state index contributed by atoms with van der Waals surface area (Å²) in [5.74, 6) is -0.265. The van der Waals surface area contributed by atoms with Crippen LogP contribution in [0.15, 0.2) is 0 Å². The number of esters is 1. The first-order valence-electron chi connectivity index (χ1n) is 4.89. The predicted octanol–water partition coefficient (Wildman–Crippen LogP) is 0.811. The van der Waals surface area contributed by atoms with Gasteiger partial charge in [-0.25, -0.2) is 8.78 Å². The van der Waals surface area contributed by atoms with Crippen LogP contribution < -0.4 is 5.32 Å². The van der Waals surface area contributed by atoms with Crippen LogP contribution in [0.2, 0.25) is 0 Å². The Morgan fingerprint density at radius 3 is 2.73 bits per heavy atom. The highest BCUT2D eigenvalue weighted by Gasteiger charge is 2.02. The molecular formula is C9H17F2NO3. The van der Waals surface area contributed by atoms with Crippen molar-refractivity contribution in [1.82, 2.24) is 5.32 Å². The molecule has 0 fully saturated rings. The number of ether oxygens (including phenoxy) is 2. The second kappa shape index (κ2) is 9.79. The van der Waals surface area contributed by atoms with Crippen LogP contribution in [-0.4, -0.2) is 45.3 Å². The van der Waals surface area contributed by atoms with E-state index in [1.807, 2.05) is 0 Å². The SMILES string of the molecule is CCOC(=O)CCNCCOCC(F)F. The van der Waals surface area contributed by atoms with Crippen LogP contribution in [0.5, 0.6) is 0 Å². The summed E-state index contributed by atoms with van der Waals surface area (Å²) in [5, 5.41) is 2.88. The summed E-state index contributed by atoms with van der Waals surface area (Å²) in [4.78, 5) is 10.8. The molecule has 0 aliphatic carbocycles. The molecule has 0 aliphatic heterocycles. The highest BCUT2D eigenvalue weighted by atomic mass is 19.3. The van der Waals surface area contributed by atoms with Crippen molar-refractivity contribution < 1.29 is 23.0 Å². The van der Waals surface area contributed by atoms with Gasteiger partial charge in [0.25, 0.3) is 6.43 Å². The molecule has 0 aromatic rings. The van der Waals surface area contributed by atoms with E-state index < -0.39 is 13.0 Å². The zero-order chi connectivity index (χ0) is 11.5. The van der Waals surface area contributed by atoms with E-state index in [1.165, 1.54) is 0 Å². The van der Waals surface area contributed by atoms with E-state index in [0.717, 1.165) is 0 Å². The summed E-state index contributed by atoms with van der Waals surface area (Å²) in [6.07, 6.45) is -2.15. The molecule has 4 nitrogen and oxygen atoms in total. The Hall–Kier alpha value is -0.750. The molecule has 6 heteroatoms. The van der Waals surface area contributed by atoms with E-state index in [2.05, 4.69) is 10.1 Å². The van der Waals surface area contributed by atoms with Crippen LogP contribution in [0, 0.1) is 0 Å². The molecule has 0 bridgehead atoms. The van der Waals surface area contributed by atoms with Gasteiger partial charge >= 0.3 is 5.97 Å². The number of hydrogen-bond donors (Lipinski definition) is 1. The second-order valence-corrected chi connectivity index (χ2v) is 2.77. The van der Waals surface area contributed by atoms with Crippen LogP contribution in [0.1, 0.15) is 13.3 Å². The summed E-state index contributed by atoms with van der Waals surface area (Å²) in [7, 11) is 0. The van der Waals surface area contributed by atoms with E-state index in [0.29, 0.717) is 19.7 Å². The number of rotatable bonds is 9. The first-order valence-corrected chi connectivity index (χ1v) is 4.89. The zero-order valence-electron chi connectivity index (χ0n) is 8.80. The standard InChI is InChI=1S/C9H17F2NO3/c1-2-15-9(13)3-4-12-5-6-14-7-8(10)11/h8,12H,2-7H2,1H3. The Morgan fingerprint density at radius 2 is 2.13 bits per heavy atom. The predicted molar refractivity (Wildman–Crippen MR) is 50.9 cm³/mol. The smallest absolute Gasteiger partial charge is 0.307 e. The van der Waals surface area contributed by atoms with Gasteiger partial charge in [-0.15, -0.1) is 0 Å². The molecule has 90 valence electrons. The summed E-state index contributed by atoms with van der Waals surface area (Å²) < 4.78 is 32.5. The molecule has 0 atom stereocenters. The Balaban J connectivity index is 3.08. The van der Waals surface area contributed by atoms with Crippen molar-refractivity contribution >= 4 is 5.97 Å². The van der Waals surface area contributed by atoms with E-state index >= 15 is 0 Å². The Morgan fingerprint density at radius 1 is 1.40 bits per heavy atom. The van der Waals surface area contributed by atoms with Crippen LogP contribution in [0.3, 0.4) is 0 Å². The zero-order valence-corrected chi connectivity index (χ0v) is 8.80. The van der Waals surface area contributed by atoms with Crippen molar-refractivity contribution in [2.45, 2.75) is 19.8 Å². The molecular weight excluding hydrogens is 208 g/mol. The van der Waals surface area contributed by atoms with Crippen molar-refractivity contribution in [3.8, 4) is 0 Å². The molecule has 0 rings (SSSR count). The summed E-state index contributed by atoms with van der Waals surface area (Å²) in [6, 6.07) is 0. The third-order valence-electron chi connectivity index (χ3n) is 1.48. The quantitative estimate of drug-likeness (QED) is 0.466. The van der Waals surface area contributed by atoms with Gasteiger partial charge < -0.3 is 14.8 Å². The fourth-order valence-corrected chi connectivity index (χ4v) is 0.865. The molecule has 0 spiro atoms. The topological polar surface area (TPSA) is 47.6 Å². The lowest BCUT2D eigenvalue weighted by molar-refractivity contribution is -0.142. The highest BCUT2D eigenvalue weighted by molar-refractivity contribution is 5.69. The first kappa shape index (κ1) is 14.2. The van der Waals surface area contributed by atoms with Gasteiger partial charge in [-0.05, 0) is 6.92 Å². The molecule has 0 unspecified atom stereocenters. The van der Waals surface area contributed by atoms with E-state index in [-0.39, 0.29) is 19.0 Å².